The number of pyridine rings is 2. The number of rotatable bonds is 9. The van der Waals surface area contributed by atoms with Gasteiger partial charge < -0.3 is 0 Å². The van der Waals surface area contributed by atoms with Crippen molar-refractivity contribution < 1.29 is 0 Å². The van der Waals surface area contributed by atoms with Gasteiger partial charge in [0.05, 0.1) is 5.69 Å². The Morgan fingerprint density at radius 1 is 0.535 bits per heavy atom. The predicted octanol–water partition coefficient (Wildman–Crippen LogP) is 11.3. The van der Waals surface area contributed by atoms with E-state index in [0.29, 0.717) is 0 Å². The lowest BCUT2D eigenvalue weighted by atomic mass is 9.73. The quantitative estimate of drug-likeness (QED) is 0.176. The van der Waals surface area contributed by atoms with Crippen molar-refractivity contribution >= 4 is 0 Å². The monoisotopic (exact) mass is 558 g/mol. The van der Waals surface area contributed by atoms with Gasteiger partial charge in [-0.2, -0.15) is 0 Å². The van der Waals surface area contributed by atoms with Gasteiger partial charge in [-0.1, -0.05) is 100.0 Å². The Balaban J connectivity index is 1.47. The largest absolute Gasteiger partial charge is 0.264 e. The highest BCUT2D eigenvalue weighted by molar-refractivity contribution is 5.83. The van der Waals surface area contributed by atoms with Crippen molar-refractivity contribution in [1.82, 2.24) is 9.97 Å². The van der Waals surface area contributed by atoms with Crippen LogP contribution in [0.5, 0.6) is 0 Å². The van der Waals surface area contributed by atoms with Gasteiger partial charge in [0.2, 0.25) is 0 Å². The molecule has 6 rings (SSSR count). The van der Waals surface area contributed by atoms with Crippen LogP contribution in [-0.2, 0) is 5.41 Å². The lowest BCUT2D eigenvalue weighted by Crippen LogP contribution is -2.21. The summed E-state index contributed by atoms with van der Waals surface area (Å²) in [5.74, 6) is 0. The van der Waals surface area contributed by atoms with E-state index in [2.05, 4.69) is 135 Å². The van der Waals surface area contributed by atoms with Gasteiger partial charge in [0.15, 0.2) is 0 Å². The van der Waals surface area contributed by atoms with Crippen LogP contribution in [0, 0.1) is 0 Å². The summed E-state index contributed by atoms with van der Waals surface area (Å²) < 4.78 is 0. The molecule has 1 unspecified atom stereocenters. The third-order valence-corrected chi connectivity index (χ3v) is 8.76. The molecule has 0 bridgehead atoms. The minimum absolute atomic E-state index is 0.0998. The topological polar surface area (TPSA) is 25.8 Å². The standard InChI is InChI=1S/C41H38N2/c1-4-21-41(3,5-2)39-20-19-33(28-38(39)40-18-9-10-23-43-40)31-15-11-16-32(24-31)36-25-35(30-13-7-6-8-14-30)26-37(27-36)34-17-12-22-42-29-34/h6-20,22-29H,4-5,21H2,1-3H3. The number of benzene rings is 4. The summed E-state index contributed by atoms with van der Waals surface area (Å²) in [7, 11) is 0. The Labute approximate surface area is 256 Å². The fourth-order valence-corrected chi connectivity index (χ4v) is 6.21. The number of hydrogen-bond acceptors (Lipinski definition) is 2. The SMILES string of the molecule is CCCC(C)(CC)c1ccc(-c2cccc(-c3cc(-c4ccccc4)cc(-c4cccnc4)c3)c2)cc1-c1ccccn1. The summed E-state index contributed by atoms with van der Waals surface area (Å²) in [6.45, 7) is 6.98. The zero-order valence-electron chi connectivity index (χ0n) is 25.3. The van der Waals surface area contributed by atoms with Crippen LogP contribution >= 0.6 is 0 Å². The van der Waals surface area contributed by atoms with Gasteiger partial charge in [-0.3, -0.25) is 9.97 Å². The van der Waals surface area contributed by atoms with Gasteiger partial charge in [0.1, 0.15) is 0 Å². The van der Waals surface area contributed by atoms with Crippen molar-refractivity contribution in [3.05, 3.63) is 145 Å². The summed E-state index contributed by atoms with van der Waals surface area (Å²) in [6.07, 6.45) is 9.05. The molecule has 2 heteroatoms. The fourth-order valence-electron chi connectivity index (χ4n) is 6.21. The van der Waals surface area contributed by atoms with Crippen molar-refractivity contribution in [3.63, 3.8) is 0 Å². The number of nitrogens with zero attached hydrogens (tertiary/aromatic N) is 2. The maximum absolute atomic E-state index is 4.79. The Kier molecular flexibility index (Phi) is 8.29. The van der Waals surface area contributed by atoms with E-state index < -0.39 is 0 Å². The summed E-state index contributed by atoms with van der Waals surface area (Å²) in [6, 6.07) is 43.7. The van der Waals surface area contributed by atoms with E-state index >= 15 is 0 Å². The molecule has 2 heterocycles. The second kappa shape index (κ2) is 12.6. The van der Waals surface area contributed by atoms with Crippen LogP contribution < -0.4 is 0 Å². The van der Waals surface area contributed by atoms with Crippen molar-refractivity contribution in [2.24, 2.45) is 0 Å². The van der Waals surface area contributed by atoms with Gasteiger partial charge in [-0.05, 0) is 111 Å². The van der Waals surface area contributed by atoms with Crippen molar-refractivity contribution in [2.75, 3.05) is 0 Å². The van der Waals surface area contributed by atoms with Crippen LogP contribution in [0.3, 0.4) is 0 Å². The minimum atomic E-state index is 0.0998. The zero-order valence-corrected chi connectivity index (χ0v) is 25.3. The van der Waals surface area contributed by atoms with Gasteiger partial charge in [0.25, 0.3) is 0 Å². The molecule has 6 aromatic rings. The van der Waals surface area contributed by atoms with E-state index in [9.17, 15) is 0 Å². The van der Waals surface area contributed by atoms with Crippen LogP contribution in [0.25, 0.3) is 55.8 Å². The molecule has 0 spiro atoms. The van der Waals surface area contributed by atoms with Gasteiger partial charge in [-0.15, -0.1) is 0 Å². The Morgan fingerprint density at radius 3 is 1.84 bits per heavy atom. The van der Waals surface area contributed by atoms with Crippen LogP contribution in [0.2, 0.25) is 0 Å². The maximum atomic E-state index is 4.79. The van der Waals surface area contributed by atoms with Crippen LogP contribution in [0.4, 0.5) is 0 Å². The Bertz CT molecular complexity index is 1750. The molecule has 0 fully saturated rings. The van der Waals surface area contributed by atoms with E-state index in [4.69, 9.17) is 4.98 Å². The average molecular weight is 559 g/mol. The Hall–Kier alpha value is -4.82. The minimum Gasteiger partial charge on any atom is -0.264 e. The fraction of sp³-hybridized carbons (Fsp3) is 0.171. The first-order valence-electron chi connectivity index (χ1n) is 15.4. The highest BCUT2D eigenvalue weighted by Gasteiger charge is 2.27. The van der Waals surface area contributed by atoms with E-state index in [0.717, 1.165) is 36.1 Å². The average Bonchev–Trinajstić information content (AvgIpc) is 3.09. The van der Waals surface area contributed by atoms with Crippen molar-refractivity contribution in [1.29, 1.82) is 0 Å². The lowest BCUT2D eigenvalue weighted by Gasteiger charge is -2.31. The van der Waals surface area contributed by atoms with E-state index in [1.807, 2.05) is 30.7 Å². The third-order valence-electron chi connectivity index (χ3n) is 8.76. The Morgan fingerprint density at radius 2 is 1.16 bits per heavy atom. The first-order chi connectivity index (χ1) is 21.1. The second-order valence-corrected chi connectivity index (χ2v) is 11.6. The van der Waals surface area contributed by atoms with E-state index in [1.54, 1.807) is 0 Å². The third kappa shape index (κ3) is 6.05. The normalized spacial score (nSPS) is 12.5. The predicted molar refractivity (Wildman–Crippen MR) is 182 cm³/mol. The van der Waals surface area contributed by atoms with Gasteiger partial charge >= 0.3 is 0 Å². The highest BCUT2D eigenvalue weighted by Crippen LogP contribution is 2.41. The number of hydrogen-bond donors (Lipinski definition) is 0. The van der Waals surface area contributed by atoms with E-state index in [1.165, 1.54) is 44.5 Å². The van der Waals surface area contributed by atoms with Gasteiger partial charge in [0, 0.05) is 29.7 Å². The molecule has 0 saturated heterocycles. The van der Waals surface area contributed by atoms with Crippen LogP contribution in [0.15, 0.2) is 140 Å². The second-order valence-electron chi connectivity index (χ2n) is 11.6. The first kappa shape index (κ1) is 28.3. The zero-order chi connectivity index (χ0) is 29.6. The lowest BCUT2D eigenvalue weighted by molar-refractivity contribution is 0.415. The molecule has 0 aliphatic carbocycles. The molecule has 0 saturated carbocycles. The summed E-state index contributed by atoms with van der Waals surface area (Å²) in [4.78, 5) is 9.18. The van der Waals surface area contributed by atoms with Crippen molar-refractivity contribution in [3.8, 4) is 55.8 Å². The molecule has 0 radical (unpaired) electrons. The highest BCUT2D eigenvalue weighted by atomic mass is 14.7. The molecular formula is C41H38N2. The van der Waals surface area contributed by atoms with Crippen LogP contribution in [-0.4, -0.2) is 9.97 Å². The van der Waals surface area contributed by atoms with E-state index in [-0.39, 0.29) is 5.41 Å². The van der Waals surface area contributed by atoms with Crippen molar-refractivity contribution in [2.45, 2.75) is 45.4 Å². The molecule has 0 amide bonds. The number of aromatic nitrogens is 2. The maximum Gasteiger partial charge on any atom is 0.0705 e. The van der Waals surface area contributed by atoms with Gasteiger partial charge in [-0.25, -0.2) is 0 Å². The van der Waals surface area contributed by atoms with Crippen LogP contribution in [0.1, 0.15) is 45.6 Å². The molecule has 2 aromatic heterocycles. The first-order valence-corrected chi connectivity index (χ1v) is 15.4. The molecular weight excluding hydrogens is 520 g/mol. The molecule has 4 aromatic carbocycles. The molecule has 212 valence electrons. The summed E-state index contributed by atoms with van der Waals surface area (Å²) in [5.41, 5.74) is 13.2. The molecule has 2 nitrogen and oxygen atoms in total. The molecule has 1 atom stereocenters. The summed E-state index contributed by atoms with van der Waals surface area (Å²) >= 11 is 0. The molecule has 0 N–H and O–H groups in total. The molecule has 0 aliphatic heterocycles. The smallest absolute Gasteiger partial charge is 0.0705 e. The molecule has 43 heavy (non-hydrogen) atoms. The summed E-state index contributed by atoms with van der Waals surface area (Å²) in [5, 5.41) is 0. The molecule has 0 aliphatic rings.